The molecule has 2 aromatic carbocycles. The van der Waals surface area contributed by atoms with Crippen molar-refractivity contribution in [2.24, 2.45) is 11.8 Å². The maximum absolute atomic E-state index is 12.3. The zero-order valence-electron chi connectivity index (χ0n) is 11.9. The number of ketones is 1. The summed E-state index contributed by atoms with van der Waals surface area (Å²) in [5.74, 6) is 0.0960. The molecule has 0 fully saturated rings. The second-order valence-electron chi connectivity index (χ2n) is 5.14. The molecule has 0 saturated heterocycles. The lowest BCUT2D eigenvalue weighted by Gasteiger charge is -2.12. The van der Waals surface area contributed by atoms with Crippen LogP contribution in [0.15, 0.2) is 36.4 Å². The van der Waals surface area contributed by atoms with Crippen LogP contribution in [0.2, 0.25) is 0 Å². The van der Waals surface area contributed by atoms with Gasteiger partial charge in [-0.3, -0.25) is 4.79 Å². The molecule has 0 aromatic heterocycles. The van der Waals surface area contributed by atoms with Crippen LogP contribution in [0.4, 0.5) is 0 Å². The van der Waals surface area contributed by atoms with E-state index < -0.39 is 5.92 Å². The van der Waals surface area contributed by atoms with Crippen LogP contribution in [0.1, 0.15) is 24.2 Å². The highest BCUT2D eigenvalue weighted by Crippen LogP contribution is 2.24. The summed E-state index contributed by atoms with van der Waals surface area (Å²) in [5, 5.41) is 11.1. The highest BCUT2D eigenvalue weighted by molar-refractivity contribution is 6.02. The van der Waals surface area contributed by atoms with E-state index >= 15 is 0 Å². The number of rotatable bonds is 4. The fourth-order valence-electron chi connectivity index (χ4n) is 2.19. The number of carbonyl (C=O) groups excluding carboxylic acids is 1. The third kappa shape index (κ3) is 2.65. The molecule has 0 aliphatic rings. The molecule has 102 valence electrons. The van der Waals surface area contributed by atoms with Crippen LogP contribution in [0, 0.1) is 23.2 Å². The molecule has 0 radical (unpaired) electrons. The monoisotopic (exact) mass is 267 g/mol. The van der Waals surface area contributed by atoms with Crippen molar-refractivity contribution in [3.8, 4) is 11.8 Å². The molecular formula is C17H17NO2. The summed E-state index contributed by atoms with van der Waals surface area (Å²) in [5.41, 5.74) is 0.586. The molecule has 1 unspecified atom stereocenters. The predicted molar refractivity (Wildman–Crippen MR) is 78.8 cm³/mol. The van der Waals surface area contributed by atoms with Crippen LogP contribution >= 0.6 is 0 Å². The Morgan fingerprint density at radius 3 is 2.40 bits per heavy atom. The number of nitriles is 1. The van der Waals surface area contributed by atoms with Crippen molar-refractivity contribution in [2.75, 3.05) is 7.11 Å². The number of hydrogen-bond acceptors (Lipinski definition) is 3. The highest BCUT2D eigenvalue weighted by Gasteiger charge is 2.23. The van der Waals surface area contributed by atoms with Crippen molar-refractivity contribution in [3.05, 3.63) is 42.0 Å². The van der Waals surface area contributed by atoms with E-state index in [1.807, 2.05) is 44.2 Å². The van der Waals surface area contributed by atoms with Crippen molar-refractivity contribution >= 4 is 16.6 Å². The Hall–Kier alpha value is -2.34. The van der Waals surface area contributed by atoms with Gasteiger partial charge in [-0.25, -0.2) is 0 Å². The maximum Gasteiger partial charge on any atom is 0.180 e. The fraction of sp³-hybridized carbons (Fsp3) is 0.294. The molecule has 0 bridgehead atoms. The van der Waals surface area contributed by atoms with Crippen molar-refractivity contribution in [2.45, 2.75) is 13.8 Å². The van der Waals surface area contributed by atoms with Gasteiger partial charge < -0.3 is 4.74 Å². The van der Waals surface area contributed by atoms with Gasteiger partial charge in [0.1, 0.15) is 11.7 Å². The standard InChI is InChI=1S/C17H17NO2/c1-11(2)16(10-18)17(19)14-5-4-13-9-15(20-3)7-6-12(13)8-14/h4-9,11,16H,1-3H3. The molecule has 0 aliphatic carbocycles. The minimum Gasteiger partial charge on any atom is -0.497 e. The number of carbonyl (C=O) groups is 1. The molecule has 0 saturated carbocycles. The van der Waals surface area contributed by atoms with Crippen LogP contribution in [-0.2, 0) is 0 Å². The molecule has 2 rings (SSSR count). The summed E-state index contributed by atoms with van der Waals surface area (Å²) < 4.78 is 5.18. The maximum atomic E-state index is 12.3. The first-order chi connectivity index (χ1) is 9.56. The van der Waals surface area contributed by atoms with E-state index in [1.165, 1.54) is 0 Å². The van der Waals surface area contributed by atoms with E-state index in [1.54, 1.807) is 13.2 Å². The molecule has 1 atom stereocenters. The predicted octanol–water partition coefficient (Wildman–Crippen LogP) is 3.83. The molecule has 2 aromatic rings. The quantitative estimate of drug-likeness (QED) is 0.791. The zero-order valence-corrected chi connectivity index (χ0v) is 11.9. The van der Waals surface area contributed by atoms with Gasteiger partial charge in [-0.05, 0) is 34.9 Å². The molecule has 3 nitrogen and oxygen atoms in total. The lowest BCUT2D eigenvalue weighted by molar-refractivity contribution is 0.0924. The SMILES string of the molecule is COc1ccc2cc(C(=O)C(C#N)C(C)C)ccc2c1. The normalized spacial score (nSPS) is 12.2. The van der Waals surface area contributed by atoms with E-state index in [2.05, 4.69) is 6.07 Å². The molecule has 3 heteroatoms. The molecule has 0 N–H and O–H groups in total. The number of methoxy groups -OCH3 is 1. The Morgan fingerprint density at radius 2 is 1.80 bits per heavy atom. The topological polar surface area (TPSA) is 50.1 Å². The van der Waals surface area contributed by atoms with E-state index in [0.29, 0.717) is 5.56 Å². The lowest BCUT2D eigenvalue weighted by atomic mass is 9.88. The van der Waals surface area contributed by atoms with Crippen LogP contribution in [0.3, 0.4) is 0 Å². The molecule has 20 heavy (non-hydrogen) atoms. The summed E-state index contributed by atoms with van der Waals surface area (Å²) >= 11 is 0. The van der Waals surface area contributed by atoms with Crippen molar-refractivity contribution in [3.63, 3.8) is 0 Å². The minimum absolute atomic E-state index is 0.0130. The third-order valence-electron chi connectivity index (χ3n) is 3.42. The van der Waals surface area contributed by atoms with E-state index in [4.69, 9.17) is 10.00 Å². The average molecular weight is 267 g/mol. The van der Waals surface area contributed by atoms with Gasteiger partial charge in [-0.1, -0.05) is 32.0 Å². The molecule has 0 aliphatic heterocycles. The summed E-state index contributed by atoms with van der Waals surface area (Å²) in [6.45, 7) is 3.77. The number of benzene rings is 2. The first-order valence-electron chi connectivity index (χ1n) is 6.58. The Labute approximate surface area is 118 Å². The first-order valence-corrected chi connectivity index (χ1v) is 6.58. The largest absolute Gasteiger partial charge is 0.497 e. The lowest BCUT2D eigenvalue weighted by Crippen LogP contribution is -2.18. The summed E-state index contributed by atoms with van der Waals surface area (Å²) in [7, 11) is 1.62. The second-order valence-corrected chi connectivity index (χ2v) is 5.14. The van der Waals surface area contributed by atoms with Crippen LogP contribution in [-0.4, -0.2) is 12.9 Å². The van der Waals surface area contributed by atoms with Gasteiger partial charge in [0.05, 0.1) is 13.2 Å². The number of nitrogens with zero attached hydrogens (tertiary/aromatic N) is 1. The van der Waals surface area contributed by atoms with E-state index in [9.17, 15) is 4.79 Å². The average Bonchev–Trinajstić information content (AvgIpc) is 2.46. The van der Waals surface area contributed by atoms with Gasteiger partial charge in [-0.15, -0.1) is 0 Å². The van der Waals surface area contributed by atoms with Crippen molar-refractivity contribution < 1.29 is 9.53 Å². The van der Waals surface area contributed by atoms with Crippen LogP contribution in [0.5, 0.6) is 5.75 Å². The summed E-state index contributed by atoms with van der Waals surface area (Å²) in [4.78, 5) is 12.3. The third-order valence-corrected chi connectivity index (χ3v) is 3.42. The Balaban J connectivity index is 2.42. The zero-order chi connectivity index (χ0) is 14.7. The molecular weight excluding hydrogens is 250 g/mol. The van der Waals surface area contributed by atoms with Gasteiger partial charge in [0, 0.05) is 5.56 Å². The molecule has 0 amide bonds. The van der Waals surface area contributed by atoms with Crippen molar-refractivity contribution in [1.82, 2.24) is 0 Å². The Bertz CT molecular complexity index is 683. The van der Waals surface area contributed by atoms with Gasteiger partial charge in [0.25, 0.3) is 0 Å². The molecule has 0 heterocycles. The van der Waals surface area contributed by atoms with Crippen LogP contribution in [0.25, 0.3) is 10.8 Å². The highest BCUT2D eigenvalue weighted by atomic mass is 16.5. The van der Waals surface area contributed by atoms with Gasteiger partial charge in [-0.2, -0.15) is 5.26 Å². The van der Waals surface area contributed by atoms with Crippen molar-refractivity contribution in [1.29, 1.82) is 5.26 Å². The van der Waals surface area contributed by atoms with Gasteiger partial charge in [0.15, 0.2) is 5.78 Å². The Kier molecular flexibility index (Phi) is 4.05. The van der Waals surface area contributed by atoms with Gasteiger partial charge >= 0.3 is 0 Å². The van der Waals surface area contributed by atoms with Gasteiger partial charge in [0.2, 0.25) is 0 Å². The second kappa shape index (κ2) is 5.75. The smallest absolute Gasteiger partial charge is 0.180 e. The first kappa shape index (κ1) is 14.1. The number of hydrogen-bond donors (Lipinski definition) is 0. The van der Waals surface area contributed by atoms with E-state index in [0.717, 1.165) is 16.5 Å². The summed E-state index contributed by atoms with van der Waals surface area (Å²) in [6.07, 6.45) is 0. The Morgan fingerprint density at radius 1 is 1.15 bits per heavy atom. The minimum atomic E-state index is -0.592. The van der Waals surface area contributed by atoms with Crippen LogP contribution < -0.4 is 4.74 Å². The summed E-state index contributed by atoms with van der Waals surface area (Å²) in [6, 6.07) is 13.3. The number of ether oxygens (including phenoxy) is 1. The molecule has 0 spiro atoms. The number of Topliss-reactive ketones (excluding diaryl/α,β-unsaturated/α-hetero) is 1. The van der Waals surface area contributed by atoms with E-state index in [-0.39, 0.29) is 11.7 Å². The number of fused-ring (bicyclic) bond motifs is 1. The fourth-order valence-corrected chi connectivity index (χ4v) is 2.19.